The van der Waals surface area contributed by atoms with Crippen molar-refractivity contribution in [2.75, 3.05) is 6.61 Å². The molecule has 0 radical (unpaired) electrons. The van der Waals surface area contributed by atoms with Crippen LogP contribution < -0.4 is 10.5 Å². The standard InChI is InChI=1S/C17H19NO3/c1-2-13-8-6-7-11-15(13)21-12-17(18,16(19)20)14-9-4-3-5-10-14/h3-11H,2,12,18H2,1H3,(H,19,20). The van der Waals surface area contributed by atoms with Gasteiger partial charge in [0, 0.05) is 0 Å². The Kier molecular flexibility index (Phi) is 4.60. The van der Waals surface area contributed by atoms with Crippen LogP contribution in [-0.4, -0.2) is 17.7 Å². The van der Waals surface area contributed by atoms with E-state index >= 15 is 0 Å². The van der Waals surface area contributed by atoms with Crippen LogP contribution in [0.3, 0.4) is 0 Å². The fraction of sp³-hybridized carbons (Fsp3) is 0.235. The minimum absolute atomic E-state index is 0.122. The van der Waals surface area contributed by atoms with Crippen molar-refractivity contribution in [2.45, 2.75) is 18.9 Å². The molecule has 0 spiro atoms. The molecule has 1 unspecified atom stereocenters. The third kappa shape index (κ3) is 3.23. The maximum Gasteiger partial charge on any atom is 0.331 e. The summed E-state index contributed by atoms with van der Waals surface area (Å²) in [6.07, 6.45) is 0.812. The molecule has 3 N–H and O–H groups in total. The normalized spacial score (nSPS) is 13.4. The van der Waals surface area contributed by atoms with Crippen molar-refractivity contribution in [3.05, 3.63) is 65.7 Å². The van der Waals surface area contributed by atoms with E-state index in [-0.39, 0.29) is 6.61 Å². The van der Waals surface area contributed by atoms with Gasteiger partial charge in [-0.25, -0.2) is 4.79 Å². The summed E-state index contributed by atoms with van der Waals surface area (Å²) in [5, 5.41) is 9.49. The van der Waals surface area contributed by atoms with Crippen LogP contribution in [0.25, 0.3) is 0 Å². The number of aryl methyl sites for hydroxylation is 1. The van der Waals surface area contributed by atoms with Crippen molar-refractivity contribution in [1.29, 1.82) is 0 Å². The van der Waals surface area contributed by atoms with Gasteiger partial charge in [-0.1, -0.05) is 55.5 Å². The van der Waals surface area contributed by atoms with Crippen LogP contribution in [0.1, 0.15) is 18.1 Å². The number of para-hydroxylation sites is 1. The SMILES string of the molecule is CCc1ccccc1OCC(N)(C(=O)O)c1ccccc1. The lowest BCUT2D eigenvalue weighted by molar-refractivity contribution is -0.145. The van der Waals surface area contributed by atoms with E-state index in [4.69, 9.17) is 10.5 Å². The lowest BCUT2D eigenvalue weighted by atomic mass is 9.92. The molecule has 0 bridgehead atoms. The van der Waals surface area contributed by atoms with Crippen LogP contribution in [0.5, 0.6) is 5.75 Å². The number of carboxylic acids is 1. The third-order valence-electron chi connectivity index (χ3n) is 3.48. The second-order valence-corrected chi connectivity index (χ2v) is 4.89. The molecule has 2 rings (SSSR count). The van der Waals surface area contributed by atoms with E-state index in [1.807, 2.05) is 37.3 Å². The van der Waals surface area contributed by atoms with Crippen LogP contribution in [0.2, 0.25) is 0 Å². The number of carboxylic acid groups (broad SMARTS) is 1. The molecular weight excluding hydrogens is 266 g/mol. The summed E-state index contributed by atoms with van der Waals surface area (Å²) in [7, 11) is 0. The largest absolute Gasteiger partial charge is 0.490 e. The molecule has 4 heteroatoms. The average molecular weight is 285 g/mol. The molecule has 2 aromatic carbocycles. The van der Waals surface area contributed by atoms with E-state index in [1.165, 1.54) is 0 Å². The molecule has 0 saturated carbocycles. The van der Waals surface area contributed by atoms with Crippen molar-refractivity contribution in [1.82, 2.24) is 0 Å². The van der Waals surface area contributed by atoms with Gasteiger partial charge in [0.05, 0.1) is 0 Å². The fourth-order valence-electron chi connectivity index (χ4n) is 2.13. The van der Waals surface area contributed by atoms with Gasteiger partial charge in [0.2, 0.25) is 0 Å². The van der Waals surface area contributed by atoms with Crippen LogP contribution >= 0.6 is 0 Å². The topological polar surface area (TPSA) is 72.5 Å². The Labute approximate surface area is 124 Å². The number of hydrogen-bond donors (Lipinski definition) is 2. The highest BCUT2D eigenvalue weighted by Gasteiger charge is 2.37. The van der Waals surface area contributed by atoms with Gasteiger partial charge in [-0.2, -0.15) is 0 Å². The van der Waals surface area contributed by atoms with Gasteiger partial charge in [0.15, 0.2) is 5.54 Å². The number of carbonyl (C=O) groups is 1. The second kappa shape index (κ2) is 6.41. The first-order chi connectivity index (χ1) is 10.1. The summed E-state index contributed by atoms with van der Waals surface area (Å²) < 4.78 is 5.70. The molecule has 0 heterocycles. The predicted molar refractivity (Wildman–Crippen MR) is 81.3 cm³/mol. The summed E-state index contributed by atoms with van der Waals surface area (Å²) in [5.74, 6) is -0.435. The smallest absolute Gasteiger partial charge is 0.331 e. The lowest BCUT2D eigenvalue weighted by Crippen LogP contribution is -2.49. The van der Waals surface area contributed by atoms with Crippen LogP contribution in [0, 0.1) is 0 Å². The van der Waals surface area contributed by atoms with E-state index in [0.717, 1.165) is 12.0 Å². The van der Waals surface area contributed by atoms with Crippen molar-refractivity contribution < 1.29 is 14.6 Å². The van der Waals surface area contributed by atoms with E-state index in [1.54, 1.807) is 24.3 Å². The Morgan fingerprint density at radius 3 is 2.38 bits per heavy atom. The zero-order valence-corrected chi connectivity index (χ0v) is 12.0. The van der Waals surface area contributed by atoms with Crippen molar-refractivity contribution >= 4 is 5.97 Å². The highest BCUT2D eigenvalue weighted by atomic mass is 16.5. The van der Waals surface area contributed by atoms with Crippen LogP contribution in [0.4, 0.5) is 0 Å². The zero-order chi connectivity index (χ0) is 15.3. The summed E-state index contributed by atoms with van der Waals surface area (Å²) in [6.45, 7) is 1.90. The number of hydrogen-bond acceptors (Lipinski definition) is 3. The second-order valence-electron chi connectivity index (χ2n) is 4.89. The highest BCUT2D eigenvalue weighted by Crippen LogP contribution is 2.23. The van der Waals surface area contributed by atoms with Crippen molar-refractivity contribution in [3.63, 3.8) is 0 Å². The first-order valence-electron chi connectivity index (χ1n) is 6.86. The maximum atomic E-state index is 11.6. The molecule has 4 nitrogen and oxygen atoms in total. The molecule has 2 aromatic rings. The first-order valence-corrected chi connectivity index (χ1v) is 6.86. The predicted octanol–water partition coefficient (Wildman–Crippen LogP) is 2.57. The number of benzene rings is 2. The quantitative estimate of drug-likeness (QED) is 0.855. The molecule has 0 aromatic heterocycles. The molecule has 21 heavy (non-hydrogen) atoms. The lowest BCUT2D eigenvalue weighted by Gasteiger charge is -2.25. The average Bonchev–Trinajstić information content (AvgIpc) is 2.53. The Bertz CT molecular complexity index is 612. The first kappa shape index (κ1) is 15.1. The molecule has 0 aliphatic rings. The van der Waals surface area contributed by atoms with Crippen molar-refractivity contribution in [3.8, 4) is 5.75 Å². The van der Waals surface area contributed by atoms with Crippen LogP contribution in [0.15, 0.2) is 54.6 Å². The molecule has 1 atom stereocenters. The molecule has 0 saturated heterocycles. The number of rotatable bonds is 6. The third-order valence-corrected chi connectivity index (χ3v) is 3.48. The maximum absolute atomic E-state index is 11.6. The van der Waals surface area contributed by atoms with Crippen molar-refractivity contribution in [2.24, 2.45) is 5.73 Å². The molecule has 0 aliphatic heterocycles. The van der Waals surface area contributed by atoms with Gasteiger partial charge in [-0.3, -0.25) is 0 Å². The summed E-state index contributed by atoms with van der Waals surface area (Å²) in [5.41, 5.74) is 6.06. The van der Waals surface area contributed by atoms with E-state index in [2.05, 4.69) is 0 Å². The molecule has 110 valence electrons. The van der Waals surface area contributed by atoms with Gasteiger partial charge in [-0.05, 0) is 23.6 Å². The van der Waals surface area contributed by atoms with E-state index in [0.29, 0.717) is 11.3 Å². The molecular formula is C17H19NO3. The number of nitrogens with two attached hydrogens (primary N) is 1. The Morgan fingerprint density at radius 1 is 1.14 bits per heavy atom. The van der Waals surface area contributed by atoms with Gasteiger partial charge < -0.3 is 15.6 Å². The molecule has 0 fully saturated rings. The summed E-state index contributed by atoms with van der Waals surface area (Å²) in [4.78, 5) is 11.6. The zero-order valence-electron chi connectivity index (χ0n) is 12.0. The van der Waals surface area contributed by atoms with Gasteiger partial charge in [-0.15, -0.1) is 0 Å². The van der Waals surface area contributed by atoms with E-state index in [9.17, 15) is 9.90 Å². The number of ether oxygens (including phenoxy) is 1. The van der Waals surface area contributed by atoms with Crippen LogP contribution in [-0.2, 0) is 16.8 Å². The van der Waals surface area contributed by atoms with Gasteiger partial charge in [0.1, 0.15) is 12.4 Å². The van der Waals surface area contributed by atoms with Gasteiger partial charge in [0.25, 0.3) is 0 Å². The summed E-state index contributed by atoms with van der Waals surface area (Å²) >= 11 is 0. The highest BCUT2D eigenvalue weighted by molar-refractivity contribution is 5.80. The number of aliphatic carboxylic acids is 1. The minimum Gasteiger partial charge on any atom is -0.490 e. The molecule has 0 aliphatic carbocycles. The minimum atomic E-state index is -1.57. The van der Waals surface area contributed by atoms with E-state index < -0.39 is 11.5 Å². The Morgan fingerprint density at radius 2 is 1.76 bits per heavy atom. The fourth-order valence-corrected chi connectivity index (χ4v) is 2.13. The Hall–Kier alpha value is -2.33. The monoisotopic (exact) mass is 285 g/mol. The van der Waals surface area contributed by atoms with Gasteiger partial charge >= 0.3 is 5.97 Å². The molecule has 0 amide bonds. The summed E-state index contributed by atoms with van der Waals surface area (Å²) in [6, 6.07) is 16.3. The Balaban J connectivity index is 2.24.